The molecule has 0 unspecified atom stereocenters. The first kappa shape index (κ1) is 24.5. The first-order valence-corrected chi connectivity index (χ1v) is 11.3. The summed E-state index contributed by atoms with van der Waals surface area (Å²) in [6.45, 7) is 6.04. The minimum Gasteiger partial charge on any atom is -0.444 e. The topological polar surface area (TPSA) is 139 Å². The molecule has 1 N–H and O–H groups in total. The third kappa shape index (κ3) is 6.89. The minimum absolute atomic E-state index is 0.0519. The van der Waals surface area contributed by atoms with E-state index in [2.05, 4.69) is 5.32 Å². The number of carbonyl (C=O) groups is 2. The number of piperazine rings is 1. The Hall–Kier alpha value is -2.73. The molecular formula is C19H28N4O7S. The molecule has 2 amide bonds. The summed E-state index contributed by atoms with van der Waals surface area (Å²) in [5, 5.41) is 13.7. The van der Waals surface area contributed by atoms with Crippen LogP contribution in [0.2, 0.25) is 0 Å². The number of sulfonamides is 1. The molecule has 11 nitrogen and oxygen atoms in total. The number of benzene rings is 1. The van der Waals surface area contributed by atoms with Gasteiger partial charge in [-0.15, -0.1) is 0 Å². The zero-order valence-electron chi connectivity index (χ0n) is 17.9. The Morgan fingerprint density at radius 2 is 1.77 bits per heavy atom. The number of hydrogen-bond donors (Lipinski definition) is 1. The van der Waals surface area contributed by atoms with E-state index in [9.17, 15) is 28.1 Å². The van der Waals surface area contributed by atoms with Gasteiger partial charge >= 0.3 is 6.09 Å². The average Bonchev–Trinajstić information content (AvgIpc) is 2.69. The number of rotatable bonds is 7. The number of alkyl carbamates (subject to hydrolysis) is 1. The fourth-order valence-electron chi connectivity index (χ4n) is 3.05. The van der Waals surface area contributed by atoms with E-state index < -0.39 is 32.3 Å². The number of nitro groups is 1. The van der Waals surface area contributed by atoms with Gasteiger partial charge in [0.1, 0.15) is 5.60 Å². The van der Waals surface area contributed by atoms with E-state index in [0.29, 0.717) is 6.42 Å². The van der Waals surface area contributed by atoms with Crippen LogP contribution < -0.4 is 5.32 Å². The third-order valence-corrected chi connectivity index (χ3v) is 6.45. The van der Waals surface area contributed by atoms with Gasteiger partial charge in [-0.05, 0) is 33.3 Å². The van der Waals surface area contributed by atoms with Crippen LogP contribution in [0.15, 0.2) is 29.2 Å². The molecule has 0 aromatic heterocycles. The Labute approximate surface area is 181 Å². The maximum atomic E-state index is 12.8. The van der Waals surface area contributed by atoms with Gasteiger partial charge < -0.3 is 15.0 Å². The zero-order valence-corrected chi connectivity index (χ0v) is 18.7. The van der Waals surface area contributed by atoms with Crippen molar-refractivity contribution in [3.8, 4) is 0 Å². The summed E-state index contributed by atoms with van der Waals surface area (Å²) in [6, 6.07) is 5.21. The molecule has 0 bridgehead atoms. The molecule has 0 atom stereocenters. The normalized spacial score (nSPS) is 15.4. The molecule has 1 aromatic carbocycles. The summed E-state index contributed by atoms with van der Waals surface area (Å²) >= 11 is 0. The number of carbonyl (C=O) groups excluding carboxylic acids is 2. The number of ether oxygens (including phenoxy) is 1. The molecule has 1 fully saturated rings. The summed E-state index contributed by atoms with van der Waals surface area (Å²) in [7, 11) is -4.04. The van der Waals surface area contributed by atoms with Crippen molar-refractivity contribution in [3.05, 3.63) is 34.4 Å². The van der Waals surface area contributed by atoms with Crippen LogP contribution in [-0.4, -0.2) is 72.9 Å². The van der Waals surface area contributed by atoms with Crippen molar-refractivity contribution in [2.75, 3.05) is 32.7 Å². The standard InChI is InChI=1S/C19H28N4O7S/c1-19(2,3)30-18(25)20-10-6-9-17(24)21-11-13-22(14-12-21)31(28,29)16-8-5-4-7-15(16)23(26)27/h4-5,7-8H,6,9-14H2,1-3H3,(H,20,25). The molecule has 0 spiro atoms. The molecule has 0 aliphatic carbocycles. The van der Waals surface area contributed by atoms with Crippen LogP contribution in [0.1, 0.15) is 33.6 Å². The Morgan fingerprint density at radius 1 is 1.16 bits per heavy atom. The summed E-state index contributed by atoms with van der Waals surface area (Å²) in [4.78, 5) is 35.6. The van der Waals surface area contributed by atoms with E-state index in [4.69, 9.17) is 4.74 Å². The lowest BCUT2D eigenvalue weighted by Crippen LogP contribution is -2.50. The van der Waals surface area contributed by atoms with Gasteiger partial charge in [-0.1, -0.05) is 12.1 Å². The SMILES string of the molecule is CC(C)(C)OC(=O)NCCCC(=O)N1CCN(S(=O)(=O)c2ccccc2[N+](=O)[O-])CC1. The van der Waals surface area contributed by atoms with Crippen LogP contribution in [0.4, 0.5) is 10.5 Å². The van der Waals surface area contributed by atoms with E-state index in [-0.39, 0.29) is 49.9 Å². The van der Waals surface area contributed by atoms with Crippen molar-refractivity contribution in [2.45, 2.75) is 44.1 Å². The Kier molecular flexibility index (Phi) is 7.96. The van der Waals surface area contributed by atoms with Crippen LogP contribution in [0.25, 0.3) is 0 Å². The lowest BCUT2D eigenvalue weighted by molar-refractivity contribution is -0.387. The molecule has 0 radical (unpaired) electrons. The quantitative estimate of drug-likeness (QED) is 0.374. The van der Waals surface area contributed by atoms with Gasteiger partial charge in [-0.25, -0.2) is 13.2 Å². The summed E-state index contributed by atoms with van der Waals surface area (Å²) in [5.41, 5.74) is -1.07. The highest BCUT2D eigenvalue weighted by Crippen LogP contribution is 2.27. The fourth-order valence-corrected chi connectivity index (χ4v) is 4.63. The first-order chi connectivity index (χ1) is 14.4. The average molecular weight is 457 g/mol. The van der Waals surface area contributed by atoms with Gasteiger partial charge in [0.2, 0.25) is 15.9 Å². The second-order valence-electron chi connectivity index (χ2n) is 8.04. The van der Waals surface area contributed by atoms with Crippen LogP contribution in [-0.2, 0) is 19.6 Å². The lowest BCUT2D eigenvalue weighted by atomic mass is 10.2. The summed E-state index contributed by atoms with van der Waals surface area (Å²) < 4.78 is 31.9. The molecule has 2 rings (SSSR count). The predicted octanol–water partition coefficient (Wildman–Crippen LogP) is 1.73. The first-order valence-electron chi connectivity index (χ1n) is 9.90. The maximum Gasteiger partial charge on any atom is 0.407 e. The molecule has 0 saturated carbocycles. The molecule has 1 aliphatic heterocycles. The maximum absolute atomic E-state index is 12.8. The second-order valence-corrected chi connectivity index (χ2v) is 9.95. The minimum atomic E-state index is -4.04. The largest absolute Gasteiger partial charge is 0.444 e. The molecular weight excluding hydrogens is 428 g/mol. The van der Waals surface area contributed by atoms with E-state index >= 15 is 0 Å². The third-order valence-electron chi connectivity index (χ3n) is 4.51. The van der Waals surface area contributed by atoms with E-state index in [1.807, 2.05) is 0 Å². The number of nitro benzene ring substituents is 1. The van der Waals surface area contributed by atoms with Crippen molar-refractivity contribution in [1.29, 1.82) is 0 Å². The van der Waals surface area contributed by atoms with Gasteiger partial charge in [0, 0.05) is 45.2 Å². The van der Waals surface area contributed by atoms with Crippen molar-refractivity contribution in [1.82, 2.24) is 14.5 Å². The summed E-state index contributed by atoms with van der Waals surface area (Å²) in [6.07, 6.45) is 0.0771. The number of para-hydroxylation sites is 1. The molecule has 1 saturated heterocycles. The van der Waals surface area contributed by atoms with E-state index in [1.54, 1.807) is 25.7 Å². The molecule has 172 valence electrons. The highest BCUT2D eigenvalue weighted by Gasteiger charge is 2.34. The monoisotopic (exact) mass is 456 g/mol. The number of amides is 2. The van der Waals surface area contributed by atoms with Gasteiger partial charge in [-0.2, -0.15) is 4.31 Å². The van der Waals surface area contributed by atoms with Crippen molar-refractivity contribution in [2.24, 2.45) is 0 Å². The fraction of sp³-hybridized carbons (Fsp3) is 0.579. The highest BCUT2D eigenvalue weighted by atomic mass is 32.2. The van der Waals surface area contributed by atoms with Crippen LogP contribution in [0, 0.1) is 10.1 Å². The van der Waals surface area contributed by atoms with E-state index in [1.165, 1.54) is 18.2 Å². The molecule has 1 aliphatic rings. The van der Waals surface area contributed by atoms with Crippen molar-refractivity contribution >= 4 is 27.7 Å². The molecule has 12 heteroatoms. The number of nitrogens with zero attached hydrogens (tertiary/aromatic N) is 3. The van der Waals surface area contributed by atoms with E-state index in [0.717, 1.165) is 10.4 Å². The molecule has 31 heavy (non-hydrogen) atoms. The van der Waals surface area contributed by atoms with Crippen LogP contribution in [0.3, 0.4) is 0 Å². The van der Waals surface area contributed by atoms with Crippen molar-refractivity contribution in [3.63, 3.8) is 0 Å². The van der Waals surface area contributed by atoms with Gasteiger partial charge in [-0.3, -0.25) is 14.9 Å². The molecule has 1 aromatic rings. The second kappa shape index (κ2) is 10.1. The Bertz CT molecular complexity index is 919. The Balaban J connectivity index is 1.84. The smallest absolute Gasteiger partial charge is 0.407 e. The lowest BCUT2D eigenvalue weighted by Gasteiger charge is -2.34. The number of nitrogens with one attached hydrogen (secondary N) is 1. The van der Waals surface area contributed by atoms with Gasteiger partial charge in [0.05, 0.1) is 4.92 Å². The highest BCUT2D eigenvalue weighted by molar-refractivity contribution is 7.89. The van der Waals surface area contributed by atoms with Gasteiger partial charge in [0.25, 0.3) is 5.69 Å². The van der Waals surface area contributed by atoms with Crippen LogP contribution in [0.5, 0.6) is 0 Å². The van der Waals surface area contributed by atoms with Crippen LogP contribution >= 0.6 is 0 Å². The number of hydrogen-bond acceptors (Lipinski definition) is 7. The van der Waals surface area contributed by atoms with Crippen molar-refractivity contribution < 1.29 is 27.7 Å². The van der Waals surface area contributed by atoms with Gasteiger partial charge in [0.15, 0.2) is 4.90 Å². The zero-order chi connectivity index (χ0) is 23.2. The predicted molar refractivity (Wildman–Crippen MR) is 112 cm³/mol. The molecule has 1 heterocycles. The summed E-state index contributed by atoms with van der Waals surface area (Å²) in [5.74, 6) is -0.145. The Morgan fingerprint density at radius 3 is 2.35 bits per heavy atom.